The van der Waals surface area contributed by atoms with Gasteiger partial charge in [0.2, 0.25) is 0 Å². The highest BCUT2D eigenvalue weighted by Gasteiger charge is 2.42. The van der Waals surface area contributed by atoms with Crippen LogP contribution in [0.2, 0.25) is 5.15 Å². The molecule has 2 saturated carbocycles. The van der Waals surface area contributed by atoms with Crippen LogP contribution in [-0.4, -0.2) is 38.6 Å². The first-order valence-electron chi connectivity index (χ1n) is 10.2. The van der Waals surface area contributed by atoms with Gasteiger partial charge in [0.15, 0.2) is 11.5 Å². The second-order valence-corrected chi connectivity index (χ2v) is 8.73. The van der Waals surface area contributed by atoms with Crippen molar-refractivity contribution in [3.8, 4) is 11.3 Å². The van der Waals surface area contributed by atoms with Crippen molar-refractivity contribution in [3.63, 3.8) is 0 Å². The van der Waals surface area contributed by atoms with Gasteiger partial charge in [-0.3, -0.25) is 9.59 Å². The van der Waals surface area contributed by atoms with E-state index in [4.69, 9.17) is 20.9 Å². The van der Waals surface area contributed by atoms with Crippen LogP contribution in [-0.2, 0) is 16.0 Å². The number of carbonyl (C=O) groups is 2. The fourth-order valence-electron chi connectivity index (χ4n) is 4.92. The number of esters is 1. The van der Waals surface area contributed by atoms with Gasteiger partial charge in [-0.1, -0.05) is 16.8 Å². The van der Waals surface area contributed by atoms with Gasteiger partial charge in [-0.05, 0) is 32.1 Å². The molecule has 2 fully saturated rings. The zero-order valence-electron chi connectivity index (χ0n) is 16.4. The van der Waals surface area contributed by atoms with Crippen LogP contribution in [0.1, 0.15) is 65.9 Å². The molecule has 0 aliphatic heterocycles. The Morgan fingerprint density at radius 2 is 2.03 bits per heavy atom. The first-order valence-corrected chi connectivity index (χ1v) is 10.6. The maximum atomic E-state index is 13.0. The summed E-state index contributed by atoms with van der Waals surface area (Å²) in [6, 6.07) is 0.0813. The van der Waals surface area contributed by atoms with E-state index in [2.05, 4.69) is 19.7 Å². The lowest BCUT2D eigenvalue weighted by atomic mass is 9.80. The average molecular weight is 427 g/mol. The third-order valence-corrected chi connectivity index (χ3v) is 6.91. The van der Waals surface area contributed by atoms with Crippen molar-refractivity contribution in [2.45, 2.75) is 50.5 Å². The molecule has 0 unspecified atom stereocenters. The van der Waals surface area contributed by atoms with Crippen LogP contribution in [0.5, 0.6) is 0 Å². The Morgan fingerprint density at radius 1 is 1.23 bits per heavy atom. The molecule has 8 nitrogen and oxygen atoms in total. The van der Waals surface area contributed by atoms with E-state index in [1.54, 1.807) is 0 Å². The van der Waals surface area contributed by atoms with Crippen molar-refractivity contribution in [1.82, 2.24) is 19.7 Å². The Morgan fingerprint density at radius 3 is 2.77 bits per heavy atom. The van der Waals surface area contributed by atoms with Crippen molar-refractivity contribution < 1.29 is 18.8 Å². The molecule has 0 spiro atoms. The molecule has 0 atom stereocenters. The van der Waals surface area contributed by atoms with Gasteiger partial charge < -0.3 is 13.8 Å². The zero-order chi connectivity index (χ0) is 20.6. The van der Waals surface area contributed by atoms with Crippen molar-refractivity contribution in [2.75, 3.05) is 7.11 Å². The number of hydrogen-bond donors (Lipinski definition) is 0. The molecule has 0 saturated heterocycles. The van der Waals surface area contributed by atoms with Gasteiger partial charge in [0.1, 0.15) is 22.8 Å². The molecular weight excluding hydrogens is 408 g/mol. The number of nitrogens with zero attached hydrogens (tertiary/aromatic N) is 4. The quantitative estimate of drug-likeness (QED) is 0.462. The Hall–Kier alpha value is -2.74. The largest absolute Gasteiger partial charge is 0.469 e. The minimum absolute atomic E-state index is 0.0538. The maximum absolute atomic E-state index is 13.0. The van der Waals surface area contributed by atoms with Crippen LogP contribution >= 0.6 is 11.6 Å². The van der Waals surface area contributed by atoms with E-state index >= 15 is 0 Å². The number of halogens is 1. The number of ketones is 1. The van der Waals surface area contributed by atoms with Gasteiger partial charge in [-0.2, -0.15) is 0 Å². The second kappa shape index (κ2) is 6.38. The number of rotatable bonds is 3. The number of Topliss-reactive ketones (excluding diaryl/α,β-unsaturated/α-hetero) is 1. The molecule has 0 bridgehead atoms. The predicted octanol–water partition coefficient (Wildman–Crippen LogP) is 3.87. The number of fused-ring (bicyclic) bond motifs is 5. The second-order valence-electron chi connectivity index (χ2n) is 8.37. The van der Waals surface area contributed by atoms with Crippen LogP contribution in [0, 0.1) is 5.92 Å². The van der Waals surface area contributed by atoms with Gasteiger partial charge in [0.25, 0.3) is 0 Å². The number of carbonyl (C=O) groups excluding carboxylic acids is 2. The van der Waals surface area contributed by atoms with Crippen molar-refractivity contribution in [2.24, 2.45) is 5.92 Å². The molecule has 0 aromatic carbocycles. The molecule has 0 amide bonds. The van der Waals surface area contributed by atoms with Gasteiger partial charge in [-0.15, -0.1) is 0 Å². The molecule has 30 heavy (non-hydrogen) atoms. The molecule has 0 radical (unpaired) electrons. The standard InChI is InChI=1S/C21H19ClN4O4/c1-29-21(28)10-6-11(7-10)26-12-4-5-13(27)15-17(25-30-18(15)9-2-3-9)14(12)16-19(22)23-8-24-20(16)26/h8-11H,2-7H2,1H3. The lowest BCUT2D eigenvalue weighted by Gasteiger charge is -2.35. The minimum Gasteiger partial charge on any atom is -0.469 e. The fraction of sp³-hybridized carbons (Fsp3) is 0.476. The van der Waals surface area contributed by atoms with E-state index in [1.165, 1.54) is 13.4 Å². The third kappa shape index (κ3) is 2.43. The Kier molecular flexibility index (Phi) is 3.84. The monoisotopic (exact) mass is 426 g/mol. The smallest absolute Gasteiger partial charge is 0.308 e. The Labute approximate surface area is 176 Å². The molecule has 3 heterocycles. The summed E-state index contributed by atoms with van der Waals surface area (Å²) in [5.41, 5.74) is 3.62. The van der Waals surface area contributed by atoms with Crippen LogP contribution in [0.3, 0.4) is 0 Å². The van der Waals surface area contributed by atoms with Gasteiger partial charge in [0.05, 0.1) is 24.0 Å². The predicted molar refractivity (Wildman–Crippen MR) is 106 cm³/mol. The van der Waals surface area contributed by atoms with Gasteiger partial charge >= 0.3 is 5.97 Å². The summed E-state index contributed by atoms with van der Waals surface area (Å²) >= 11 is 6.53. The normalized spacial score (nSPS) is 22.9. The summed E-state index contributed by atoms with van der Waals surface area (Å²) in [4.78, 5) is 33.6. The van der Waals surface area contributed by atoms with Crippen LogP contribution < -0.4 is 0 Å². The third-order valence-electron chi connectivity index (χ3n) is 6.62. The molecule has 3 aromatic rings. The van der Waals surface area contributed by atoms with Crippen LogP contribution in [0.25, 0.3) is 22.3 Å². The highest BCUT2D eigenvalue weighted by atomic mass is 35.5. The summed E-state index contributed by atoms with van der Waals surface area (Å²) in [5, 5.41) is 5.36. The average Bonchev–Trinajstić information content (AvgIpc) is 3.40. The summed E-state index contributed by atoms with van der Waals surface area (Å²) < 4.78 is 12.7. The van der Waals surface area contributed by atoms with E-state index < -0.39 is 0 Å². The van der Waals surface area contributed by atoms with E-state index in [0.29, 0.717) is 58.9 Å². The maximum Gasteiger partial charge on any atom is 0.308 e. The molecule has 154 valence electrons. The summed E-state index contributed by atoms with van der Waals surface area (Å²) in [7, 11) is 1.41. The van der Waals surface area contributed by atoms with Crippen LogP contribution in [0.4, 0.5) is 0 Å². The number of ether oxygens (including phenoxy) is 1. The minimum atomic E-state index is -0.190. The Balaban J connectivity index is 1.56. The number of aromatic nitrogens is 4. The van der Waals surface area contributed by atoms with Crippen molar-refractivity contribution >= 4 is 34.4 Å². The lowest BCUT2D eigenvalue weighted by molar-refractivity contribution is -0.149. The Bertz CT molecular complexity index is 1220. The van der Waals surface area contributed by atoms with E-state index in [0.717, 1.165) is 24.1 Å². The van der Waals surface area contributed by atoms with Gasteiger partial charge in [-0.25, -0.2) is 9.97 Å². The molecule has 3 aliphatic carbocycles. The molecular formula is C21H19ClN4O4. The first-order chi connectivity index (χ1) is 14.6. The molecule has 0 N–H and O–H groups in total. The van der Waals surface area contributed by atoms with Gasteiger partial charge in [0, 0.05) is 29.6 Å². The molecule has 9 heteroatoms. The highest BCUT2D eigenvalue weighted by molar-refractivity contribution is 6.35. The first kappa shape index (κ1) is 18.1. The topological polar surface area (TPSA) is 100 Å². The summed E-state index contributed by atoms with van der Waals surface area (Å²) in [6.07, 6.45) is 5.74. The van der Waals surface area contributed by atoms with Crippen molar-refractivity contribution in [3.05, 3.63) is 28.5 Å². The fourth-order valence-corrected chi connectivity index (χ4v) is 5.14. The van der Waals surface area contributed by atoms with Crippen LogP contribution in [0.15, 0.2) is 10.9 Å². The lowest BCUT2D eigenvalue weighted by Crippen LogP contribution is -2.34. The SMILES string of the molecule is COC(=O)C1CC(n2c3c(c4c(Cl)ncnc42)-c2noc(C4CC4)c2C(=O)CC3)C1. The molecule has 3 aliphatic rings. The molecule has 3 aromatic heterocycles. The number of methoxy groups -OCH3 is 1. The molecule has 6 rings (SSSR count). The van der Waals surface area contributed by atoms with E-state index in [1.807, 2.05) is 0 Å². The van der Waals surface area contributed by atoms with E-state index in [9.17, 15) is 9.59 Å². The summed E-state index contributed by atoms with van der Waals surface area (Å²) in [5.74, 6) is 0.717. The van der Waals surface area contributed by atoms with E-state index in [-0.39, 0.29) is 29.6 Å². The zero-order valence-corrected chi connectivity index (χ0v) is 17.1. The number of hydrogen-bond acceptors (Lipinski definition) is 7. The van der Waals surface area contributed by atoms with Crippen molar-refractivity contribution in [1.29, 1.82) is 0 Å². The highest BCUT2D eigenvalue weighted by Crippen LogP contribution is 2.50. The summed E-state index contributed by atoms with van der Waals surface area (Å²) in [6.45, 7) is 0.